The maximum atomic E-state index is 13.0. The molecule has 16 heavy (non-hydrogen) atoms. The number of rotatable bonds is 2. The fourth-order valence-corrected chi connectivity index (χ4v) is 1.71. The normalized spacial score (nSPS) is 12.9. The van der Waals surface area contributed by atoms with Crippen LogP contribution in [0.15, 0.2) is 24.3 Å². The molecule has 0 saturated carbocycles. The lowest BCUT2D eigenvalue weighted by Gasteiger charge is -2.07. The number of aryl methyl sites for hydroxylation is 1. The van der Waals surface area contributed by atoms with E-state index < -0.39 is 17.9 Å². The fourth-order valence-electron chi connectivity index (χ4n) is 1.71. The molecular formula is C11H10FNO3. The molecule has 2 N–H and O–H groups in total. The van der Waals surface area contributed by atoms with E-state index in [4.69, 9.17) is 5.11 Å². The smallest absolute Gasteiger partial charge is 0.338 e. The topological polar surface area (TPSA) is 62.5 Å². The Morgan fingerprint density at radius 3 is 2.75 bits per heavy atom. The molecule has 2 aromatic rings. The van der Waals surface area contributed by atoms with E-state index in [-0.39, 0.29) is 5.69 Å². The average molecular weight is 223 g/mol. The highest BCUT2D eigenvalue weighted by Crippen LogP contribution is 2.24. The van der Waals surface area contributed by atoms with Gasteiger partial charge in [-0.05, 0) is 24.3 Å². The van der Waals surface area contributed by atoms with Crippen LogP contribution in [0.3, 0.4) is 0 Å². The second-order valence-corrected chi connectivity index (χ2v) is 3.57. The van der Waals surface area contributed by atoms with Crippen molar-refractivity contribution in [3.8, 4) is 0 Å². The molecular weight excluding hydrogens is 213 g/mol. The highest BCUT2D eigenvalue weighted by atomic mass is 19.1. The van der Waals surface area contributed by atoms with Crippen molar-refractivity contribution in [1.29, 1.82) is 0 Å². The molecule has 0 aliphatic rings. The Labute approximate surface area is 90.5 Å². The number of fused-ring (bicyclic) bond motifs is 1. The summed E-state index contributed by atoms with van der Waals surface area (Å²) in [5, 5.41) is 18.8. The quantitative estimate of drug-likeness (QED) is 0.809. The average Bonchev–Trinajstić information content (AvgIpc) is 2.55. The van der Waals surface area contributed by atoms with Gasteiger partial charge in [0.05, 0.1) is 11.2 Å². The monoisotopic (exact) mass is 223 g/mol. The number of halogens is 1. The summed E-state index contributed by atoms with van der Waals surface area (Å²) in [6.45, 7) is 0. The van der Waals surface area contributed by atoms with Crippen LogP contribution in [0, 0.1) is 5.82 Å². The second-order valence-electron chi connectivity index (χ2n) is 3.57. The third-order valence-corrected chi connectivity index (χ3v) is 2.56. The van der Waals surface area contributed by atoms with E-state index in [1.165, 1.54) is 22.8 Å². The van der Waals surface area contributed by atoms with Gasteiger partial charge in [-0.3, -0.25) is 0 Å². The summed E-state index contributed by atoms with van der Waals surface area (Å²) in [7, 11) is 1.59. The van der Waals surface area contributed by atoms with E-state index in [1.807, 2.05) is 0 Å². The van der Waals surface area contributed by atoms with Crippen molar-refractivity contribution >= 4 is 16.9 Å². The van der Waals surface area contributed by atoms with Gasteiger partial charge in [-0.15, -0.1) is 0 Å². The van der Waals surface area contributed by atoms with Crippen molar-refractivity contribution in [2.75, 3.05) is 0 Å². The Kier molecular flexibility index (Phi) is 2.40. The molecule has 0 aliphatic heterocycles. The van der Waals surface area contributed by atoms with Gasteiger partial charge in [0.2, 0.25) is 0 Å². The molecule has 0 spiro atoms. The summed E-state index contributed by atoms with van der Waals surface area (Å²) in [5.41, 5.74) is 0.781. The molecule has 1 heterocycles. The summed E-state index contributed by atoms with van der Waals surface area (Å²) in [6, 6.07) is 5.67. The summed E-state index contributed by atoms with van der Waals surface area (Å²) in [6.07, 6.45) is -1.60. The fraction of sp³-hybridized carbons (Fsp3) is 0.182. The van der Waals surface area contributed by atoms with Crippen molar-refractivity contribution in [3.05, 3.63) is 35.8 Å². The van der Waals surface area contributed by atoms with E-state index in [0.717, 1.165) is 0 Å². The van der Waals surface area contributed by atoms with Crippen molar-refractivity contribution in [2.24, 2.45) is 7.05 Å². The zero-order valence-electron chi connectivity index (χ0n) is 8.51. The predicted molar refractivity (Wildman–Crippen MR) is 55.5 cm³/mol. The highest BCUT2D eigenvalue weighted by Gasteiger charge is 2.20. The number of hydrogen-bond donors (Lipinski definition) is 2. The Bertz CT molecular complexity index is 562. The Hall–Kier alpha value is -1.88. The van der Waals surface area contributed by atoms with Crippen molar-refractivity contribution in [2.45, 2.75) is 6.10 Å². The molecule has 84 valence electrons. The maximum Gasteiger partial charge on any atom is 0.338 e. The third kappa shape index (κ3) is 1.55. The van der Waals surface area contributed by atoms with Crippen LogP contribution in [0.5, 0.6) is 0 Å². The first kappa shape index (κ1) is 10.6. The van der Waals surface area contributed by atoms with Crippen LogP contribution in [0.2, 0.25) is 0 Å². The molecule has 0 radical (unpaired) electrons. The third-order valence-electron chi connectivity index (χ3n) is 2.56. The number of carboxylic acid groups (broad SMARTS) is 1. The molecule has 0 bridgehead atoms. The largest absolute Gasteiger partial charge is 0.479 e. The van der Waals surface area contributed by atoms with Gasteiger partial charge in [0.15, 0.2) is 6.10 Å². The molecule has 1 unspecified atom stereocenters. The molecule has 0 fully saturated rings. The van der Waals surface area contributed by atoms with Gasteiger partial charge >= 0.3 is 5.97 Å². The minimum absolute atomic E-state index is 0.230. The number of hydrogen-bond acceptors (Lipinski definition) is 2. The minimum Gasteiger partial charge on any atom is -0.479 e. The number of carboxylic acids is 1. The van der Waals surface area contributed by atoms with Gasteiger partial charge in [0.25, 0.3) is 0 Å². The first-order chi connectivity index (χ1) is 7.50. The van der Waals surface area contributed by atoms with Crippen molar-refractivity contribution in [1.82, 2.24) is 4.57 Å². The lowest BCUT2D eigenvalue weighted by molar-refractivity contribution is -0.147. The van der Waals surface area contributed by atoms with Crippen LogP contribution in [0.1, 0.15) is 11.8 Å². The summed E-state index contributed by atoms with van der Waals surface area (Å²) in [5.74, 6) is -1.73. The Morgan fingerprint density at radius 1 is 1.44 bits per heavy atom. The highest BCUT2D eigenvalue weighted by molar-refractivity contribution is 5.84. The Morgan fingerprint density at radius 2 is 2.12 bits per heavy atom. The van der Waals surface area contributed by atoms with Gasteiger partial charge in [0, 0.05) is 12.4 Å². The van der Waals surface area contributed by atoms with Crippen LogP contribution in [0.25, 0.3) is 10.9 Å². The van der Waals surface area contributed by atoms with Gasteiger partial charge in [-0.2, -0.15) is 0 Å². The molecule has 1 aromatic carbocycles. The molecule has 5 heteroatoms. The number of aromatic nitrogens is 1. The molecule has 0 aliphatic carbocycles. The second kappa shape index (κ2) is 3.61. The standard InChI is InChI=1S/C11H10FNO3/c1-13-8-5-7(12)3-2-6(8)4-9(13)10(14)11(15)16/h2-5,10,14H,1H3,(H,15,16). The number of aliphatic carboxylic acids is 1. The van der Waals surface area contributed by atoms with Gasteiger partial charge < -0.3 is 14.8 Å². The summed E-state index contributed by atoms with van der Waals surface area (Å²) < 4.78 is 14.5. The SMILES string of the molecule is Cn1c(C(O)C(=O)O)cc2ccc(F)cc21. The molecule has 0 saturated heterocycles. The predicted octanol–water partition coefficient (Wildman–Crippen LogP) is 1.44. The lowest BCUT2D eigenvalue weighted by Crippen LogP contribution is -2.13. The van der Waals surface area contributed by atoms with Crippen LogP contribution in [0.4, 0.5) is 4.39 Å². The number of carbonyl (C=O) groups is 1. The molecule has 4 nitrogen and oxygen atoms in total. The summed E-state index contributed by atoms with van der Waals surface area (Å²) in [4.78, 5) is 10.7. The minimum atomic E-state index is -1.60. The molecule has 2 rings (SSSR count). The van der Waals surface area contributed by atoms with Gasteiger partial charge in [-0.25, -0.2) is 9.18 Å². The van der Waals surface area contributed by atoms with Crippen LogP contribution in [-0.4, -0.2) is 20.7 Å². The van der Waals surface area contributed by atoms with E-state index in [0.29, 0.717) is 10.9 Å². The maximum absolute atomic E-state index is 13.0. The van der Waals surface area contributed by atoms with Crippen LogP contribution >= 0.6 is 0 Å². The number of benzene rings is 1. The van der Waals surface area contributed by atoms with Crippen LogP contribution in [-0.2, 0) is 11.8 Å². The number of aliphatic hydroxyl groups excluding tert-OH is 1. The number of aliphatic hydroxyl groups is 1. The van der Waals surface area contributed by atoms with Crippen molar-refractivity contribution < 1.29 is 19.4 Å². The van der Waals surface area contributed by atoms with Gasteiger partial charge in [0.1, 0.15) is 5.82 Å². The van der Waals surface area contributed by atoms with Gasteiger partial charge in [-0.1, -0.05) is 0 Å². The zero-order valence-corrected chi connectivity index (χ0v) is 8.51. The van der Waals surface area contributed by atoms with E-state index >= 15 is 0 Å². The lowest BCUT2D eigenvalue weighted by atomic mass is 10.2. The number of nitrogens with zero attached hydrogens (tertiary/aromatic N) is 1. The Balaban J connectivity index is 2.64. The molecule has 1 aromatic heterocycles. The van der Waals surface area contributed by atoms with E-state index in [1.54, 1.807) is 13.1 Å². The molecule has 0 amide bonds. The summed E-state index contributed by atoms with van der Waals surface area (Å²) >= 11 is 0. The first-order valence-corrected chi connectivity index (χ1v) is 4.66. The van der Waals surface area contributed by atoms with E-state index in [9.17, 15) is 14.3 Å². The van der Waals surface area contributed by atoms with Crippen molar-refractivity contribution in [3.63, 3.8) is 0 Å². The van der Waals surface area contributed by atoms with Crippen LogP contribution < -0.4 is 0 Å². The molecule has 1 atom stereocenters. The first-order valence-electron chi connectivity index (χ1n) is 4.66. The van der Waals surface area contributed by atoms with E-state index in [2.05, 4.69) is 0 Å². The zero-order chi connectivity index (χ0) is 11.9.